The van der Waals surface area contributed by atoms with Crippen LogP contribution in [0.5, 0.6) is 0 Å². The Morgan fingerprint density at radius 1 is 0.455 bits per heavy atom. The smallest absolute Gasteiger partial charge is 0.0701 e. The van der Waals surface area contributed by atoms with Gasteiger partial charge in [-0.05, 0) is 19.4 Å². The summed E-state index contributed by atoms with van der Waals surface area (Å²) in [5.74, 6) is 0. The molecule has 0 saturated carbocycles. The van der Waals surface area contributed by atoms with E-state index in [2.05, 4.69) is 5.32 Å². The van der Waals surface area contributed by atoms with Gasteiger partial charge in [0.15, 0.2) is 0 Å². The van der Waals surface area contributed by atoms with Gasteiger partial charge in [0.2, 0.25) is 0 Å². The van der Waals surface area contributed by atoms with E-state index in [-0.39, 0.29) is 0 Å². The van der Waals surface area contributed by atoms with Crippen LogP contribution in [0.1, 0.15) is 26.7 Å². The first kappa shape index (κ1) is 21.8. The molecule has 1 fully saturated rings. The average molecular weight is 321 g/mol. The predicted molar refractivity (Wildman–Crippen MR) is 87.5 cm³/mol. The molecule has 1 aliphatic rings. The van der Waals surface area contributed by atoms with Crippen molar-refractivity contribution < 1.29 is 23.7 Å². The van der Waals surface area contributed by atoms with Gasteiger partial charge >= 0.3 is 0 Å². The Bertz CT molecular complexity index is 109. The lowest BCUT2D eigenvalue weighted by atomic mass is 10.4. The van der Waals surface area contributed by atoms with Gasteiger partial charge in [-0.3, -0.25) is 0 Å². The van der Waals surface area contributed by atoms with Crippen LogP contribution in [-0.4, -0.2) is 79.2 Å². The van der Waals surface area contributed by atoms with Crippen molar-refractivity contribution in [1.29, 1.82) is 0 Å². The van der Waals surface area contributed by atoms with Gasteiger partial charge in [-0.2, -0.15) is 0 Å². The van der Waals surface area contributed by atoms with E-state index in [1.54, 1.807) is 0 Å². The Hall–Kier alpha value is -0.240. The Kier molecular flexibility index (Phi) is 20.5. The van der Waals surface area contributed by atoms with Gasteiger partial charge in [0, 0.05) is 26.4 Å². The maximum absolute atomic E-state index is 5.49. The lowest BCUT2D eigenvalue weighted by molar-refractivity contribution is -0.00481. The van der Waals surface area contributed by atoms with Crippen molar-refractivity contribution in [2.75, 3.05) is 79.2 Å². The van der Waals surface area contributed by atoms with Crippen LogP contribution in [0.2, 0.25) is 0 Å². The summed E-state index contributed by atoms with van der Waals surface area (Å²) in [6.45, 7) is 12.6. The molecule has 0 aromatic rings. The maximum atomic E-state index is 5.49. The van der Waals surface area contributed by atoms with Crippen LogP contribution in [0.15, 0.2) is 0 Å². The van der Waals surface area contributed by atoms with E-state index in [0.29, 0.717) is 39.6 Å². The fourth-order valence-electron chi connectivity index (χ4n) is 1.70. The normalized spacial score (nSPS) is 22.1. The van der Waals surface area contributed by atoms with Gasteiger partial charge in [0.1, 0.15) is 0 Å². The van der Waals surface area contributed by atoms with Crippen LogP contribution in [0.4, 0.5) is 0 Å². The molecule has 1 aliphatic heterocycles. The molecule has 0 spiro atoms. The molecule has 1 heterocycles. The van der Waals surface area contributed by atoms with Crippen molar-refractivity contribution >= 4 is 0 Å². The summed E-state index contributed by atoms with van der Waals surface area (Å²) >= 11 is 0. The van der Waals surface area contributed by atoms with Gasteiger partial charge in [-0.15, -0.1) is 0 Å². The topological polar surface area (TPSA) is 58.2 Å². The second-order valence-electron chi connectivity index (χ2n) is 4.52. The summed E-state index contributed by atoms with van der Waals surface area (Å²) in [5.41, 5.74) is 0. The molecule has 134 valence electrons. The third-order valence-electron chi connectivity index (χ3n) is 2.76. The lowest BCUT2D eigenvalue weighted by Crippen LogP contribution is -2.22. The third kappa shape index (κ3) is 17.8. The van der Waals surface area contributed by atoms with Crippen molar-refractivity contribution in [3.8, 4) is 0 Å². The van der Waals surface area contributed by atoms with Gasteiger partial charge in [0.25, 0.3) is 0 Å². The summed E-state index contributed by atoms with van der Waals surface area (Å²) in [4.78, 5) is 0. The van der Waals surface area contributed by atoms with Crippen LogP contribution in [0.25, 0.3) is 0 Å². The fraction of sp³-hybridized carbons (Fsp3) is 1.00. The summed E-state index contributed by atoms with van der Waals surface area (Å²) in [5, 5.41) is 3.32. The first-order valence-corrected chi connectivity index (χ1v) is 8.59. The molecule has 0 aromatic carbocycles. The highest BCUT2D eigenvalue weighted by Crippen LogP contribution is 1.88. The molecule has 6 nitrogen and oxygen atoms in total. The molecule has 22 heavy (non-hydrogen) atoms. The van der Waals surface area contributed by atoms with E-state index in [1.165, 1.54) is 0 Å². The Morgan fingerprint density at radius 3 is 1.41 bits per heavy atom. The number of ether oxygens (including phenoxy) is 5. The molecule has 1 rings (SSSR count). The molecule has 0 bridgehead atoms. The second-order valence-corrected chi connectivity index (χ2v) is 4.52. The number of rotatable bonds is 0. The standard InChI is InChI=1S/C14H29NO5.C2H6/c1-3-15-4-8-16-6-2-7-18-10-12-20-14-13-19-11-9-17-5-1;1-2/h15H,1-14H2;1-2H3. The van der Waals surface area contributed by atoms with Gasteiger partial charge in [-0.1, -0.05) is 13.8 Å². The minimum Gasteiger partial charge on any atom is -0.380 e. The van der Waals surface area contributed by atoms with Crippen molar-refractivity contribution in [3.63, 3.8) is 0 Å². The van der Waals surface area contributed by atoms with Crippen LogP contribution in [0, 0.1) is 0 Å². The van der Waals surface area contributed by atoms with Crippen molar-refractivity contribution in [2.45, 2.75) is 26.7 Å². The molecule has 6 heteroatoms. The fourth-order valence-corrected chi connectivity index (χ4v) is 1.70. The lowest BCUT2D eigenvalue weighted by Gasteiger charge is -2.09. The zero-order valence-corrected chi connectivity index (χ0v) is 14.4. The molecular formula is C16H35NO5. The monoisotopic (exact) mass is 321 g/mol. The van der Waals surface area contributed by atoms with E-state index in [9.17, 15) is 0 Å². The maximum Gasteiger partial charge on any atom is 0.0701 e. The summed E-state index contributed by atoms with van der Waals surface area (Å²) in [7, 11) is 0. The Balaban J connectivity index is 0.00000211. The number of hydrogen-bond acceptors (Lipinski definition) is 6. The summed E-state index contributed by atoms with van der Waals surface area (Å²) in [6.07, 6.45) is 1.94. The molecule has 0 aromatic heterocycles. The van der Waals surface area contributed by atoms with Crippen molar-refractivity contribution in [1.82, 2.24) is 5.32 Å². The van der Waals surface area contributed by atoms with Crippen molar-refractivity contribution in [2.24, 2.45) is 0 Å². The molecule has 1 N–H and O–H groups in total. The molecular weight excluding hydrogens is 286 g/mol. The highest BCUT2D eigenvalue weighted by atomic mass is 16.6. The van der Waals surface area contributed by atoms with Gasteiger partial charge < -0.3 is 29.0 Å². The largest absolute Gasteiger partial charge is 0.380 e. The van der Waals surface area contributed by atoms with E-state index >= 15 is 0 Å². The molecule has 0 amide bonds. The predicted octanol–water partition coefficient (Wildman–Crippen LogP) is 1.48. The molecule has 0 aliphatic carbocycles. The Labute approximate surface area is 135 Å². The van der Waals surface area contributed by atoms with Crippen LogP contribution in [-0.2, 0) is 23.7 Å². The minimum absolute atomic E-state index is 0.608. The molecule has 0 unspecified atom stereocenters. The molecule has 1 saturated heterocycles. The van der Waals surface area contributed by atoms with Gasteiger partial charge in [0.05, 0.1) is 46.2 Å². The number of hydrogen-bond donors (Lipinski definition) is 1. The highest BCUT2D eigenvalue weighted by Gasteiger charge is 1.95. The first-order valence-electron chi connectivity index (χ1n) is 8.59. The molecule has 0 radical (unpaired) electrons. The van der Waals surface area contributed by atoms with Gasteiger partial charge in [-0.25, -0.2) is 0 Å². The van der Waals surface area contributed by atoms with E-state index in [0.717, 1.165) is 52.4 Å². The summed E-state index contributed by atoms with van der Waals surface area (Å²) < 4.78 is 27.2. The quantitative estimate of drug-likeness (QED) is 0.729. The SMILES string of the molecule is C1CNCCOCCCOCCOCCOCCOC1.CC. The zero-order valence-electron chi connectivity index (χ0n) is 14.4. The average Bonchev–Trinajstić information content (AvgIpc) is 2.56. The number of nitrogens with one attached hydrogen (secondary N) is 1. The highest BCUT2D eigenvalue weighted by molar-refractivity contribution is 4.47. The first-order chi connectivity index (χ1) is 11.0. The Morgan fingerprint density at radius 2 is 0.864 bits per heavy atom. The van der Waals surface area contributed by atoms with E-state index < -0.39 is 0 Å². The third-order valence-corrected chi connectivity index (χ3v) is 2.76. The van der Waals surface area contributed by atoms with Crippen molar-refractivity contribution in [3.05, 3.63) is 0 Å². The van der Waals surface area contributed by atoms with Crippen LogP contribution in [0.3, 0.4) is 0 Å². The minimum atomic E-state index is 0.608. The second kappa shape index (κ2) is 20.8. The van der Waals surface area contributed by atoms with E-state index in [4.69, 9.17) is 23.7 Å². The summed E-state index contributed by atoms with van der Waals surface area (Å²) in [6, 6.07) is 0. The molecule has 0 atom stereocenters. The van der Waals surface area contributed by atoms with Crippen LogP contribution < -0.4 is 5.32 Å². The zero-order chi connectivity index (χ0) is 16.1. The van der Waals surface area contributed by atoms with Crippen LogP contribution >= 0.6 is 0 Å². The van der Waals surface area contributed by atoms with E-state index in [1.807, 2.05) is 13.8 Å².